The topological polar surface area (TPSA) is 58.6 Å². The monoisotopic (exact) mass is 265 g/mol. The molecule has 1 aromatic rings. The molecule has 4 nitrogen and oxygen atoms in total. The minimum Gasteiger partial charge on any atom is -0.384 e. The first-order chi connectivity index (χ1) is 8.92. The van der Waals surface area contributed by atoms with Gasteiger partial charge in [0.1, 0.15) is 5.60 Å². The smallest absolute Gasteiger partial charge is 0.222 e. The number of carbonyl (C=O) groups is 1. The summed E-state index contributed by atoms with van der Waals surface area (Å²) in [6.45, 7) is 6.14. The second kappa shape index (κ2) is 7.26. The maximum Gasteiger partial charge on any atom is 0.222 e. The molecule has 0 heterocycles. The maximum absolute atomic E-state index is 11.6. The van der Waals surface area contributed by atoms with Crippen LogP contribution in [0.5, 0.6) is 0 Å². The summed E-state index contributed by atoms with van der Waals surface area (Å²) < 4.78 is 5.31. The highest BCUT2D eigenvalue weighted by atomic mass is 16.5. The quantitative estimate of drug-likeness (QED) is 0.790. The minimum atomic E-state index is -1.06. The first-order valence-electron chi connectivity index (χ1n) is 6.58. The number of benzene rings is 1. The van der Waals surface area contributed by atoms with Gasteiger partial charge < -0.3 is 15.2 Å². The average Bonchev–Trinajstić information content (AvgIpc) is 2.37. The Morgan fingerprint density at radius 1 is 1.37 bits per heavy atom. The number of amides is 1. The molecule has 1 atom stereocenters. The maximum atomic E-state index is 11.6. The Hall–Kier alpha value is -1.39. The lowest BCUT2D eigenvalue weighted by Gasteiger charge is -2.24. The number of nitrogens with one attached hydrogen (secondary N) is 1. The average molecular weight is 265 g/mol. The van der Waals surface area contributed by atoms with Gasteiger partial charge in [0.15, 0.2) is 0 Å². The lowest BCUT2D eigenvalue weighted by molar-refractivity contribution is -0.123. The van der Waals surface area contributed by atoms with E-state index in [1.807, 2.05) is 44.2 Å². The Kier molecular flexibility index (Phi) is 5.99. The van der Waals surface area contributed by atoms with Gasteiger partial charge in [0.25, 0.3) is 0 Å². The van der Waals surface area contributed by atoms with Crippen LogP contribution in [0.4, 0.5) is 0 Å². The third-order valence-electron chi connectivity index (χ3n) is 2.81. The van der Waals surface area contributed by atoms with Crippen LogP contribution < -0.4 is 5.32 Å². The number of ether oxygens (including phenoxy) is 1. The Bertz CT molecular complexity index is 388. The molecule has 0 fully saturated rings. The Morgan fingerprint density at radius 3 is 2.58 bits per heavy atom. The van der Waals surface area contributed by atoms with Gasteiger partial charge in [-0.25, -0.2) is 0 Å². The fourth-order valence-corrected chi connectivity index (χ4v) is 1.65. The van der Waals surface area contributed by atoms with Crippen LogP contribution in [0.2, 0.25) is 0 Å². The van der Waals surface area contributed by atoms with E-state index in [9.17, 15) is 9.90 Å². The van der Waals surface area contributed by atoms with E-state index >= 15 is 0 Å². The zero-order valence-electron chi connectivity index (χ0n) is 11.8. The summed E-state index contributed by atoms with van der Waals surface area (Å²) in [6, 6.07) is 9.30. The summed E-state index contributed by atoms with van der Waals surface area (Å²) in [6.07, 6.45) is 0.434. The molecule has 0 radical (unpaired) electrons. The van der Waals surface area contributed by atoms with Crippen LogP contribution in [0, 0.1) is 0 Å². The molecule has 19 heavy (non-hydrogen) atoms. The normalized spacial score (nSPS) is 14.2. The van der Waals surface area contributed by atoms with Crippen molar-refractivity contribution < 1.29 is 14.6 Å². The molecule has 1 aromatic carbocycles. The number of carbonyl (C=O) groups excluding carboxylic acids is 1. The number of rotatable bonds is 7. The van der Waals surface area contributed by atoms with Crippen molar-refractivity contribution in [3.05, 3.63) is 35.9 Å². The van der Waals surface area contributed by atoms with Crippen molar-refractivity contribution in [2.45, 2.75) is 38.9 Å². The molecule has 0 aliphatic heterocycles. The summed E-state index contributed by atoms with van der Waals surface area (Å²) in [4.78, 5) is 11.6. The number of hydrogen-bond donors (Lipinski definition) is 2. The minimum absolute atomic E-state index is 0.114. The van der Waals surface area contributed by atoms with E-state index in [4.69, 9.17) is 4.74 Å². The van der Waals surface area contributed by atoms with Crippen molar-refractivity contribution >= 4 is 5.91 Å². The van der Waals surface area contributed by atoms with E-state index in [1.54, 1.807) is 6.92 Å². The largest absolute Gasteiger partial charge is 0.384 e. The number of aliphatic hydroxyl groups is 1. The second-order valence-electron chi connectivity index (χ2n) is 5.09. The SMILES string of the molecule is CC(C)OCCC(=O)NCC(C)(O)c1ccccc1. The predicted molar refractivity (Wildman–Crippen MR) is 74.7 cm³/mol. The molecule has 106 valence electrons. The van der Waals surface area contributed by atoms with E-state index < -0.39 is 5.60 Å². The predicted octanol–water partition coefficient (Wildman–Crippen LogP) is 1.83. The molecule has 0 saturated heterocycles. The zero-order chi connectivity index (χ0) is 14.3. The van der Waals surface area contributed by atoms with E-state index in [-0.39, 0.29) is 18.6 Å². The van der Waals surface area contributed by atoms with E-state index in [2.05, 4.69) is 5.32 Å². The first kappa shape index (κ1) is 15.7. The van der Waals surface area contributed by atoms with Crippen molar-refractivity contribution in [1.82, 2.24) is 5.32 Å². The van der Waals surface area contributed by atoms with Gasteiger partial charge in [0.05, 0.1) is 19.3 Å². The molecular weight excluding hydrogens is 242 g/mol. The Labute approximate surface area is 114 Å². The van der Waals surface area contributed by atoms with Crippen LogP contribution in [0.15, 0.2) is 30.3 Å². The van der Waals surface area contributed by atoms with Crippen LogP contribution in [0.25, 0.3) is 0 Å². The number of hydrogen-bond acceptors (Lipinski definition) is 3. The van der Waals surface area contributed by atoms with Crippen LogP contribution in [-0.4, -0.2) is 30.3 Å². The highest BCUT2D eigenvalue weighted by Gasteiger charge is 2.23. The lowest BCUT2D eigenvalue weighted by atomic mass is 9.96. The van der Waals surface area contributed by atoms with Crippen molar-refractivity contribution in [1.29, 1.82) is 0 Å². The summed E-state index contributed by atoms with van der Waals surface area (Å²) in [7, 11) is 0. The van der Waals surface area contributed by atoms with Crippen LogP contribution in [0.1, 0.15) is 32.8 Å². The van der Waals surface area contributed by atoms with Crippen LogP contribution >= 0.6 is 0 Å². The Morgan fingerprint density at radius 2 is 2.00 bits per heavy atom. The van der Waals surface area contributed by atoms with Crippen molar-refractivity contribution in [3.63, 3.8) is 0 Å². The molecule has 0 saturated carbocycles. The van der Waals surface area contributed by atoms with Crippen molar-refractivity contribution in [3.8, 4) is 0 Å². The summed E-state index contributed by atoms with van der Waals surface area (Å²) in [5, 5.41) is 13.0. The third-order valence-corrected chi connectivity index (χ3v) is 2.81. The first-order valence-corrected chi connectivity index (χ1v) is 6.58. The molecule has 4 heteroatoms. The molecule has 0 aliphatic rings. The van der Waals surface area contributed by atoms with Gasteiger partial charge in [0, 0.05) is 6.42 Å². The zero-order valence-corrected chi connectivity index (χ0v) is 11.8. The molecule has 1 unspecified atom stereocenters. The second-order valence-corrected chi connectivity index (χ2v) is 5.09. The molecular formula is C15H23NO3. The summed E-state index contributed by atoms with van der Waals surface area (Å²) in [5.41, 5.74) is -0.274. The molecule has 1 rings (SSSR count). The van der Waals surface area contributed by atoms with Gasteiger partial charge in [-0.2, -0.15) is 0 Å². The Balaban J connectivity index is 2.37. The highest BCUT2D eigenvalue weighted by molar-refractivity contribution is 5.76. The van der Waals surface area contributed by atoms with Gasteiger partial charge in [-0.05, 0) is 26.3 Å². The fourth-order valence-electron chi connectivity index (χ4n) is 1.65. The highest BCUT2D eigenvalue weighted by Crippen LogP contribution is 2.18. The summed E-state index contributed by atoms with van der Waals surface area (Å²) >= 11 is 0. The van der Waals surface area contributed by atoms with Gasteiger partial charge >= 0.3 is 0 Å². The van der Waals surface area contributed by atoms with E-state index in [1.165, 1.54) is 0 Å². The standard InChI is InChI=1S/C15H23NO3/c1-12(2)19-10-9-14(17)16-11-15(3,18)13-7-5-4-6-8-13/h4-8,12,18H,9-11H2,1-3H3,(H,16,17). The third kappa shape index (κ3) is 5.85. The molecule has 0 bridgehead atoms. The lowest BCUT2D eigenvalue weighted by Crippen LogP contribution is -2.38. The molecule has 0 aliphatic carbocycles. The molecule has 0 spiro atoms. The molecule has 0 aromatic heterocycles. The van der Waals surface area contributed by atoms with E-state index in [0.717, 1.165) is 5.56 Å². The van der Waals surface area contributed by atoms with Gasteiger partial charge in [-0.1, -0.05) is 30.3 Å². The van der Waals surface area contributed by atoms with Gasteiger partial charge in [-0.3, -0.25) is 4.79 Å². The summed E-state index contributed by atoms with van der Waals surface area (Å²) in [5.74, 6) is -0.114. The van der Waals surface area contributed by atoms with Crippen molar-refractivity contribution in [2.24, 2.45) is 0 Å². The van der Waals surface area contributed by atoms with Crippen LogP contribution in [-0.2, 0) is 15.1 Å². The molecule has 1 amide bonds. The van der Waals surface area contributed by atoms with E-state index in [0.29, 0.717) is 13.0 Å². The fraction of sp³-hybridized carbons (Fsp3) is 0.533. The van der Waals surface area contributed by atoms with Crippen LogP contribution in [0.3, 0.4) is 0 Å². The molecule has 2 N–H and O–H groups in total. The van der Waals surface area contributed by atoms with Crippen molar-refractivity contribution in [2.75, 3.05) is 13.2 Å². The van der Waals surface area contributed by atoms with Gasteiger partial charge in [-0.15, -0.1) is 0 Å². The van der Waals surface area contributed by atoms with Gasteiger partial charge in [0.2, 0.25) is 5.91 Å².